The SMILES string of the molecule is CCN1C(=O)C(C)(C)C(=O)N(C)c2cc(CCCN(CCn3cc(C)c4oc(C)cc4c3=O)Cc3cccnc3C)ccc21. The first-order valence-corrected chi connectivity index (χ1v) is 15.4. The number of fused-ring (bicyclic) bond motifs is 2. The third-order valence-corrected chi connectivity index (χ3v) is 8.79. The summed E-state index contributed by atoms with van der Waals surface area (Å²) in [6.07, 6.45) is 5.38. The molecule has 9 heteroatoms. The number of pyridine rings is 2. The molecule has 9 nitrogen and oxygen atoms in total. The lowest BCUT2D eigenvalue weighted by Gasteiger charge is -2.27. The molecule has 0 bridgehead atoms. The van der Waals surface area contributed by atoms with Gasteiger partial charge in [0.1, 0.15) is 16.8 Å². The number of carbonyl (C=O) groups is 2. The molecule has 4 aromatic rings. The van der Waals surface area contributed by atoms with Crippen LogP contribution in [0.5, 0.6) is 0 Å². The topological polar surface area (TPSA) is 91.9 Å². The molecule has 0 N–H and O–H groups in total. The first-order chi connectivity index (χ1) is 20.9. The number of carbonyl (C=O) groups excluding carboxylic acids is 2. The van der Waals surface area contributed by atoms with E-state index in [1.807, 2.05) is 64.4 Å². The maximum atomic E-state index is 13.3. The van der Waals surface area contributed by atoms with E-state index in [9.17, 15) is 14.4 Å². The zero-order valence-corrected chi connectivity index (χ0v) is 26.9. The predicted molar refractivity (Wildman–Crippen MR) is 174 cm³/mol. The van der Waals surface area contributed by atoms with Crippen LogP contribution in [0.25, 0.3) is 11.0 Å². The number of amides is 2. The Labute approximate surface area is 259 Å². The van der Waals surface area contributed by atoms with Crippen LogP contribution >= 0.6 is 0 Å². The molecule has 5 rings (SSSR count). The van der Waals surface area contributed by atoms with Crippen molar-refractivity contribution < 1.29 is 14.0 Å². The molecule has 1 aromatic carbocycles. The molecular formula is C35H43N5O4. The number of aromatic nitrogens is 2. The molecule has 0 radical (unpaired) electrons. The number of benzene rings is 1. The molecule has 44 heavy (non-hydrogen) atoms. The van der Waals surface area contributed by atoms with E-state index in [4.69, 9.17) is 4.42 Å². The molecule has 0 saturated heterocycles. The van der Waals surface area contributed by atoms with Crippen LogP contribution in [0.2, 0.25) is 0 Å². The molecule has 2 amide bonds. The fraction of sp³-hybridized carbons (Fsp3) is 0.429. The van der Waals surface area contributed by atoms with Crippen molar-refractivity contribution >= 4 is 34.2 Å². The number of aryl methyl sites for hydroxylation is 4. The zero-order chi connectivity index (χ0) is 31.8. The Hall–Kier alpha value is -4.24. The lowest BCUT2D eigenvalue weighted by molar-refractivity contribution is -0.137. The van der Waals surface area contributed by atoms with Crippen molar-refractivity contribution in [1.82, 2.24) is 14.5 Å². The minimum absolute atomic E-state index is 0.0358. The van der Waals surface area contributed by atoms with E-state index >= 15 is 0 Å². The van der Waals surface area contributed by atoms with Crippen LogP contribution in [-0.2, 0) is 29.1 Å². The first-order valence-electron chi connectivity index (χ1n) is 15.4. The van der Waals surface area contributed by atoms with E-state index in [0.717, 1.165) is 65.5 Å². The van der Waals surface area contributed by atoms with Gasteiger partial charge in [-0.2, -0.15) is 0 Å². The molecule has 0 spiro atoms. The second kappa shape index (κ2) is 12.4. The van der Waals surface area contributed by atoms with Gasteiger partial charge in [0.2, 0.25) is 11.8 Å². The Morgan fingerprint density at radius 1 is 0.977 bits per heavy atom. The van der Waals surface area contributed by atoms with Gasteiger partial charge in [0.05, 0.1) is 16.8 Å². The largest absolute Gasteiger partial charge is 0.461 e. The Morgan fingerprint density at radius 3 is 2.48 bits per heavy atom. The van der Waals surface area contributed by atoms with Crippen molar-refractivity contribution in [3.8, 4) is 0 Å². The highest BCUT2D eigenvalue weighted by atomic mass is 16.3. The van der Waals surface area contributed by atoms with E-state index in [-0.39, 0.29) is 17.4 Å². The highest BCUT2D eigenvalue weighted by molar-refractivity contribution is 6.19. The highest BCUT2D eigenvalue weighted by Gasteiger charge is 2.45. The van der Waals surface area contributed by atoms with Gasteiger partial charge in [-0.05, 0) is 96.3 Å². The number of anilines is 2. The molecule has 1 aliphatic heterocycles. The van der Waals surface area contributed by atoms with Gasteiger partial charge >= 0.3 is 0 Å². The van der Waals surface area contributed by atoms with Crippen molar-refractivity contribution in [3.63, 3.8) is 0 Å². The molecule has 3 aromatic heterocycles. The molecule has 0 fully saturated rings. The number of furan rings is 1. The summed E-state index contributed by atoms with van der Waals surface area (Å²) < 4.78 is 7.55. The second-order valence-corrected chi connectivity index (χ2v) is 12.4. The lowest BCUT2D eigenvalue weighted by Crippen LogP contribution is -2.47. The van der Waals surface area contributed by atoms with Crippen molar-refractivity contribution in [1.29, 1.82) is 0 Å². The van der Waals surface area contributed by atoms with Crippen molar-refractivity contribution in [3.05, 3.63) is 87.3 Å². The van der Waals surface area contributed by atoms with Crippen LogP contribution in [0.1, 0.15) is 55.3 Å². The molecule has 0 atom stereocenters. The average molecular weight is 598 g/mol. The summed E-state index contributed by atoms with van der Waals surface area (Å²) in [5.41, 5.74) is 5.23. The summed E-state index contributed by atoms with van der Waals surface area (Å²) in [7, 11) is 1.75. The lowest BCUT2D eigenvalue weighted by atomic mass is 9.90. The molecule has 4 heterocycles. The zero-order valence-electron chi connectivity index (χ0n) is 26.9. The van der Waals surface area contributed by atoms with Gasteiger partial charge in [-0.3, -0.25) is 24.3 Å². The average Bonchev–Trinajstić information content (AvgIpc) is 3.39. The van der Waals surface area contributed by atoms with E-state index in [1.54, 1.807) is 35.3 Å². The summed E-state index contributed by atoms with van der Waals surface area (Å²) in [6.45, 7) is 14.5. The Balaban J connectivity index is 1.34. The normalized spacial score (nSPS) is 14.9. The van der Waals surface area contributed by atoms with Crippen molar-refractivity contribution in [2.75, 3.05) is 36.5 Å². The fourth-order valence-corrected chi connectivity index (χ4v) is 6.19. The molecule has 0 saturated carbocycles. The van der Waals surface area contributed by atoms with Gasteiger partial charge in [0.15, 0.2) is 0 Å². The molecule has 1 aliphatic rings. The van der Waals surface area contributed by atoms with Gasteiger partial charge < -0.3 is 18.8 Å². The predicted octanol–water partition coefficient (Wildman–Crippen LogP) is 5.41. The number of nitrogens with zero attached hydrogens (tertiary/aromatic N) is 5. The quantitative estimate of drug-likeness (QED) is 0.227. The fourth-order valence-electron chi connectivity index (χ4n) is 6.19. The Bertz CT molecular complexity index is 1770. The second-order valence-electron chi connectivity index (χ2n) is 12.4. The molecule has 0 unspecified atom stereocenters. The number of hydrogen-bond donors (Lipinski definition) is 0. The van der Waals surface area contributed by atoms with Crippen LogP contribution in [-0.4, -0.2) is 52.9 Å². The number of rotatable bonds is 10. The van der Waals surface area contributed by atoms with Gasteiger partial charge in [0.25, 0.3) is 5.56 Å². The standard InChI is InChI=1S/C35H43N5O4/c1-8-40-29-14-13-26(20-30(29)37(7)33(42)35(5,6)34(40)43)11-10-16-38(22-27-12-9-15-36-25(27)4)17-18-39-21-23(2)31-28(32(39)41)19-24(3)44-31/h9,12-15,19-21H,8,10-11,16-18,22H2,1-7H3. The summed E-state index contributed by atoms with van der Waals surface area (Å²) >= 11 is 0. The molecule has 0 aliphatic carbocycles. The highest BCUT2D eigenvalue weighted by Crippen LogP contribution is 2.39. The maximum Gasteiger partial charge on any atom is 0.261 e. The minimum Gasteiger partial charge on any atom is -0.461 e. The Kier molecular flexibility index (Phi) is 8.79. The maximum absolute atomic E-state index is 13.3. The Morgan fingerprint density at radius 2 is 1.75 bits per heavy atom. The van der Waals surface area contributed by atoms with Crippen molar-refractivity contribution in [2.24, 2.45) is 5.41 Å². The van der Waals surface area contributed by atoms with Crippen LogP contribution in [0.3, 0.4) is 0 Å². The molecule has 232 valence electrons. The smallest absolute Gasteiger partial charge is 0.261 e. The van der Waals surface area contributed by atoms with Gasteiger partial charge in [0, 0.05) is 56.9 Å². The molecular weight excluding hydrogens is 554 g/mol. The first kappa shape index (κ1) is 31.2. The van der Waals surface area contributed by atoms with E-state index in [0.29, 0.717) is 30.6 Å². The summed E-state index contributed by atoms with van der Waals surface area (Å²) in [6, 6.07) is 12.0. The monoisotopic (exact) mass is 597 g/mol. The van der Waals surface area contributed by atoms with E-state index < -0.39 is 5.41 Å². The van der Waals surface area contributed by atoms with Crippen LogP contribution in [0, 0.1) is 26.2 Å². The summed E-state index contributed by atoms with van der Waals surface area (Å²) in [5.74, 6) is 0.350. The van der Waals surface area contributed by atoms with E-state index in [2.05, 4.69) is 22.0 Å². The van der Waals surface area contributed by atoms with Gasteiger partial charge in [-0.1, -0.05) is 12.1 Å². The third kappa shape index (κ3) is 5.93. The van der Waals surface area contributed by atoms with Crippen molar-refractivity contribution in [2.45, 2.75) is 67.5 Å². The number of hydrogen-bond acceptors (Lipinski definition) is 6. The van der Waals surface area contributed by atoms with Crippen LogP contribution in [0.4, 0.5) is 11.4 Å². The van der Waals surface area contributed by atoms with Crippen LogP contribution in [0.15, 0.2) is 58.0 Å². The third-order valence-electron chi connectivity index (χ3n) is 8.79. The van der Waals surface area contributed by atoms with Gasteiger partial charge in [-0.25, -0.2) is 0 Å². The van der Waals surface area contributed by atoms with E-state index in [1.165, 1.54) is 0 Å². The minimum atomic E-state index is -1.13. The summed E-state index contributed by atoms with van der Waals surface area (Å²) in [4.78, 5) is 49.9. The summed E-state index contributed by atoms with van der Waals surface area (Å²) in [5, 5.41) is 0.621. The van der Waals surface area contributed by atoms with Crippen LogP contribution < -0.4 is 15.4 Å². The van der Waals surface area contributed by atoms with Gasteiger partial charge in [-0.15, -0.1) is 0 Å².